The number of rotatable bonds is 6. The highest BCUT2D eigenvalue weighted by atomic mass is 35.5. The van der Waals surface area contributed by atoms with Crippen molar-refractivity contribution < 1.29 is 23.0 Å². The molecule has 3 saturated heterocycles. The molecule has 2 N–H and O–H groups in total. The highest BCUT2D eigenvalue weighted by molar-refractivity contribution is 7.23. The van der Waals surface area contributed by atoms with Gasteiger partial charge in [0.1, 0.15) is 41.4 Å². The lowest BCUT2D eigenvalue weighted by atomic mass is 9.94. The third kappa shape index (κ3) is 4.58. The number of hydrogen-bond donors (Lipinski definition) is 1. The summed E-state index contributed by atoms with van der Waals surface area (Å²) in [6.45, 7) is 11.5. The number of benzene rings is 2. The lowest BCUT2D eigenvalue weighted by Crippen LogP contribution is -2.46. The molecule has 0 amide bonds. The molecular weight excluding hydrogens is 646 g/mol. The summed E-state index contributed by atoms with van der Waals surface area (Å²) in [6.07, 6.45) is 5.31. The van der Waals surface area contributed by atoms with Gasteiger partial charge >= 0.3 is 6.01 Å². The summed E-state index contributed by atoms with van der Waals surface area (Å²) >= 11 is 7.99. The minimum atomic E-state index is -0.776. The third-order valence-electron chi connectivity index (χ3n) is 9.92. The van der Waals surface area contributed by atoms with Crippen molar-refractivity contribution in [1.82, 2.24) is 14.9 Å². The number of aromatic nitrogens is 2. The molecular formula is C34H31ClF2N6O3S. The molecule has 0 bridgehead atoms. The molecule has 0 saturated carbocycles. The summed E-state index contributed by atoms with van der Waals surface area (Å²) in [6, 6.07) is 4.23. The second-order valence-electron chi connectivity index (χ2n) is 12.6. The van der Waals surface area contributed by atoms with E-state index in [0.717, 1.165) is 55.7 Å². The third-order valence-corrected chi connectivity index (χ3v) is 11.3. The number of nitriles is 1. The molecule has 2 aromatic carbocycles. The van der Waals surface area contributed by atoms with Crippen molar-refractivity contribution in [2.24, 2.45) is 0 Å². The van der Waals surface area contributed by atoms with E-state index in [4.69, 9.17) is 36.5 Å². The van der Waals surface area contributed by atoms with Gasteiger partial charge in [-0.25, -0.2) is 8.78 Å². The lowest BCUT2D eigenvalue weighted by molar-refractivity contribution is 0.108. The largest absolute Gasteiger partial charge is 0.489 e. The molecule has 4 aliphatic rings. The lowest BCUT2D eigenvalue weighted by Gasteiger charge is -2.34. The zero-order chi connectivity index (χ0) is 32.6. The summed E-state index contributed by atoms with van der Waals surface area (Å²) < 4.78 is 50.9. The first kappa shape index (κ1) is 30.3. The molecule has 4 aromatic rings. The maximum Gasteiger partial charge on any atom is 0.319 e. The standard InChI is InChI=1S/C34H31ClF2N6O3S/c1-3-18-15-45-29-25-28(27(37)24(26(29)35)20-5-6-22(36)30-23(20)21(12-38)31(39)47-30)40-33(41-32(25)43(18)19-7-10-44-14-19)46-16-34-8-4-9-42(34)13-17(2)11-34/h3,5-6,18-19H,1-2,4,7-11,13-16,39H2/t18-,19?,34+/m1/s1. The van der Waals surface area contributed by atoms with Crippen LogP contribution >= 0.6 is 22.9 Å². The van der Waals surface area contributed by atoms with Gasteiger partial charge in [0.15, 0.2) is 11.6 Å². The van der Waals surface area contributed by atoms with Gasteiger partial charge in [-0.15, -0.1) is 17.9 Å². The zero-order valence-corrected chi connectivity index (χ0v) is 27.0. The summed E-state index contributed by atoms with van der Waals surface area (Å²) in [5.41, 5.74) is 7.16. The SMILES string of the molecule is C=C[C@@H]1COc2c(Cl)c(-c3ccc(F)c4sc(N)c(C#N)c34)c(F)c3nc(OC[C@@]45CCCN4CC(=C)C5)nc(c23)N1C1CCOC1. The van der Waals surface area contributed by atoms with Crippen LogP contribution in [0.15, 0.2) is 36.9 Å². The van der Waals surface area contributed by atoms with E-state index >= 15 is 8.78 Å². The predicted octanol–water partition coefficient (Wildman–Crippen LogP) is 6.61. The number of halogens is 3. The van der Waals surface area contributed by atoms with E-state index < -0.39 is 11.6 Å². The number of anilines is 2. The molecule has 3 atom stereocenters. The summed E-state index contributed by atoms with van der Waals surface area (Å²) in [5, 5.41) is 10.5. The molecule has 8 rings (SSSR count). The van der Waals surface area contributed by atoms with Crippen molar-refractivity contribution in [1.29, 1.82) is 5.26 Å². The molecule has 13 heteroatoms. The Labute approximate surface area is 278 Å². The van der Waals surface area contributed by atoms with Crippen LogP contribution in [0.5, 0.6) is 11.8 Å². The number of nitrogens with two attached hydrogens (primary N) is 1. The van der Waals surface area contributed by atoms with Crippen LogP contribution < -0.4 is 20.1 Å². The first-order valence-electron chi connectivity index (χ1n) is 15.5. The van der Waals surface area contributed by atoms with E-state index in [9.17, 15) is 5.26 Å². The minimum absolute atomic E-state index is 0.0136. The number of thiophene rings is 1. The van der Waals surface area contributed by atoms with Gasteiger partial charge in [-0.2, -0.15) is 15.2 Å². The monoisotopic (exact) mass is 676 g/mol. The second kappa shape index (κ2) is 11.3. The smallest absolute Gasteiger partial charge is 0.319 e. The topological polar surface area (TPSA) is 110 Å². The Morgan fingerprint density at radius 1 is 1.28 bits per heavy atom. The van der Waals surface area contributed by atoms with Crippen molar-refractivity contribution >= 4 is 54.7 Å². The number of fused-ring (bicyclic) bond motifs is 2. The van der Waals surface area contributed by atoms with Crippen LogP contribution in [0.25, 0.3) is 32.1 Å². The highest BCUT2D eigenvalue weighted by Gasteiger charge is 2.47. The van der Waals surface area contributed by atoms with Crippen molar-refractivity contribution in [3.05, 3.63) is 59.2 Å². The Bertz CT molecular complexity index is 2040. The number of hydrogen-bond acceptors (Lipinski definition) is 10. The van der Waals surface area contributed by atoms with Crippen LogP contribution in [0.2, 0.25) is 5.02 Å². The minimum Gasteiger partial charge on any atom is -0.489 e. The van der Waals surface area contributed by atoms with Gasteiger partial charge in [0, 0.05) is 24.1 Å². The molecule has 47 heavy (non-hydrogen) atoms. The molecule has 0 aliphatic carbocycles. The number of nitrogens with zero attached hydrogens (tertiary/aromatic N) is 5. The van der Waals surface area contributed by atoms with E-state index in [1.54, 1.807) is 6.08 Å². The van der Waals surface area contributed by atoms with Crippen LogP contribution in [0.3, 0.4) is 0 Å². The Morgan fingerprint density at radius 3 is 2.89 bits per heavy atom. The van der Waals surface area contributed by atoms with Gasteiger partial charge in [0.05, 0.1) is 44.9 Å². The van der Waals surface area contributed by atoms with Crippen molar-refractivity contribution in [3.8, 4) is 29.0 Å². The van der Waals surface area contributed by atoms with Crippen molar-refractivity contribution in [2.45, 2.75) is 43.3 Å². The van der Waals surface area contributed by atoms with Crippen LogP contribution in [0, 0.1) is 23.0 Å². The van der Waals surface area contributed by atoms with Gasteiger partial charge in [-0.3, -0.25) is 4.90 Å². The van der Waals surface area contributed by atoms with Gasteiger partial charge in [0.2, 0.25) is 0 Å². The zero-order valence-electron chi connectivity index (χ0n) is 25.5. The average molecular weight is 677 g/mol. The highest BCUT2D eigenvalue weighted by Crippen LogP contribution is 2.51. The molecule has 4 aliphatic heterocycles. The fourth-order valence-electron chi connectivity index (χ4n) is 7.79. The van der Waals surface area contributed by atoms with E-state index in [0.29, 0.717) is 31.0 Å². The molecule has 3 fully saturated rings. The summed E-state index contributed by atoms with van der Waals surface area (Å²) in [4.78, 5) is 14.0. The second-order valence-corrected chi connectivity index (χ2v) is 14.1. The van der Waals surface area contributed by atoms with Gasteiger partial charge in [0.25, 0.3) is 0 Å². The van der Waals surface area contributed by atoms with Crippen molar-refractivity contribution in [3.63, 3.8) is 0 Å². The van der Waals surface area contributed by atoms with Crippen LogP contribution in [-0.4, -0.2) is 72.0 Å². The Hall–Kier alpha value is -4.02. The fraction of sp³-hybridized carbons (Fsp3) is 0.382. The molecule has 6 heterocycles. The molecule has 2 aromatic heterocycles. The number of ether oxygens (including phenoxy) is 3. The molecule has 1 unspecified atom stereocenters. The van der Waals surface area contributed by atoms with Gasteiger partial charge in [-0.1, -0.05) is 35.9 Å². The Kier molecular flexibility index (Phi) is 7.29. The van der Waals surface area contributed by atoms with Crippen LogP contribution in [-0.2, 0) is 4.74 Å². The Balaban J connectivity index is 1.37. The quantitative estimate of drug-likeness (QED) is 0.226. The van der Waals surface area contributed by atoms with Gasteiger partial charge in [-0.05, 0) is 43.9 Å². The fourth-order valence-corrected chi connectivity index (χ4v) is 9.07. The average Bonchev–Trinajstić information content (AvgIpc) is 3.82. The van der Waals surface area contributed by atoms with Crippen LogP contribution in [0.4, 0.5) is 19.6 Å². The van der Waals surface area contributed by atoms with Crippen LogP contribution in [0.1, 0.15) is 31.2 Å². The number of nitrogen functional groups attached to an aromatic ring is 1. The summed E-state index contributed by atoms with van der Waals surface area (Å²) in [5.74, 6) is -0.766. The van der Waals surface area contributed by atoms with E-state index in [1.807, 2.05) is 4.90 Å². The van der Waals surface area contributed by atoms with E-state index in [-0.39, 0.29) is 78.3 Å². The van der Waals surface area contributed by atoms with Gasteiger partial charge < -0.3 is 24.8 Å². The predicted molar refractivity (Wildman–Crippen MR) is 178 cm³/mol. The van der Waals surface area contributed by atoms with E-state index in [1.165, 1.54) is 12.1 Å². The maximum absolute atomic E-state index is 17.2. The molecule has 0 spiro atoms. The molecule has 0 radical (unpaired) electrons. The van der Waals surface area contributed by atoms with E-state index in [2.05, 4.69) is 29.1 Å². The summed E-state index contributed by atoms with van der Waals surface area (Å²) in [7, 11) is 0. The Morgan fingerprint density at radius 2 is 2.13 bits per heavy atom. The molecule has 9 nitrogen and oxygen atoms in total. The van der Waals surface area contributed by atoms with Crippen molar-refractivity contribution in [2.75, 3.05) is 50.2 Å². The molecule has 242 valence electrons. The first-order chi connectivity index (χ1) is 22.7. The normalized spacial score (nSPS) is 24.0. The maximum atomic E-state index is 17.2. The first-order valence-corrected chi connectivity index (χ1v) is 16.7.